The zero-order valence-corrected chi connectivity index (χ0v) is 10.7. The molecular formula is C13H23N3. The minimum atomic E-state index is 0.117. The Morgan fingerprint density at radius 1 is 1.19 bits per heavy atom. The zero-order valence-electron chi connectivity index (χ0n) is 10.7. The van der Waals surface area contributed by atoms with E-state index in [0.717, 1.165) is 23.4 Å². The van der Waals surface area contributed by atoms with Crippen molar-refractivity contribution in [3.8, 4) is 0 Å². The Hall–Kier alpha value is -0.960. The minimum Gasteiger partial charge on any atom is -0.324 e. The first-order chi connectivity index (χ1) is 7.65. The van der Waals surface area contributed by atoms with E-state index in [4.69, 9.17) is 5.73 Å². The summed E-state index contributed by atoms with van der Waals surface area (Å²) in [5.74, 6) is 0. The Balaban J connectivity index is 2.51. The third-order valence-corrected chi connectivity index (χ3v) is 2.91. The van der Waals surface area contributed by atoms with Gasteiger partial charge in [0.25, 0.3) is 0 Å². The zero-order chi connectivity index (χ0) is 12.0. The number of nitrogens with zero attached hydrogens (tertiary/aromatic N) is 2. The molecule has 0 fully saturated rings. The average molecular weight is 221 g/mol. The molecule has 0 aliphatic rings. The molecule has 1 aromatic heterocycles. The molecule has 0 aliphatic heterocycles. The first-order valence-electron chi connectivity index (χ1n) is 6.21. The molecule has 90 valence electrons. The number of hydrogen-bond acceptors (Lipinski definition) is 3. The van der Waals surface area contributed by atoms with E-state index in [1.165, 1.54) is 25.7 Å². The maximum atomic E-state index is 6.18. The van der Waals surface area contributed by atoms with Crippen molar-refractivity contribution >= 4 is 0 Å². The summed E-state index contributed by atoms with van der Waals surface area (Å²) in [6.07, 6.45) is 6.10. The third-order valence-electron chi connectivity index (χ3n) is 2.91. The monoisotopic (exact) mass is 221 g/mol. The van der Waals surface area contributed by atoms with Gasteiger partial charge < -0.3 is 5.73 Å². The van der Waals surface area contributed by atoms with Gasteiger partial charge in [0.15, 0.2) is 0 Å². The summed E-state index contributed by atoms with van der Waals surface area (Å²) in [5.41, 5.74) is 9.25. The predicted molar refractivity (Wildman–Crippen MR) is 67.2 cm³/mol. The summed E-state index contributed by atoms with van der Waals surface area (Å²) in [6.45, 7) is 6.16. The van der Waals surface area contributed by atoms with Crippen molar-refractivity contribution in [1.82, 2.24) is 10.2 Å². The van der Waals surface area contributed by atoms with Crippen molar-refractivity contribution in [2.24, 2.45) is 5.73 Å². The number of rotatable bonds is 6. The Morgan fingerprint density at radius 2 is 1.94 bits per heavy atom. The van der Waals surface area contributed by atoms with E-state index in [1.54, 1.807) is 0 Å². The third kappa shape index (κ3) is 3.89. The highest BCUT2D eigenvalue weighted by Crippen LogP contribution is 2.19. The fraction of sp³-hybridized carbons (Fsp3) is 0.692. The molecular weight excluding hydrogens is 198 g/mol. The minimum absolute atomic E-state index is 0.117. The summed E-state index contributed by atoms with van der Waals surface area (Å²) in [4.78, 5) is 0. The summed E-state index contributed by atoms with van der Waals surface area (Å²) in [7, 11) is 0. The largest absolute Gasteiger partial charge is 0.324 e. The lowest BCUT2D eigenvalue weighted by Gasteiger charge is -2.13. The van der Waals surface area contributed by atoms with Crippen LogP contribution in [0.15, 0.2) is 6.07 Å². The Labute approximate surface area is 98.5 Å². The number of aryl methyl sites for hydroxylation is 2. The molecule has 0 aliphatic carbocycles. The fourth-order valence-electron chi connectivity index (χ4n) is 1.89. The van der Waals surface area contributed by atoms with E-state index in [2.05, 4.69) is 23.2 Å². The van der Waals surface area contributed by atoms with Crippen molar-refractivity contribution in [1.29, 1.82) is 0 Å². The molecule has 1 aromatic rings. The molecule has 0 bridgehead atoms. The van der Waals surface area contributed by atoms with Crippen LogP contribution in [-0.4, -0.2) is 10.2 Å². The van der Waals surface area contributed by atoms with Gasteiger partial charge in [0.1, 0.15) is 0 Å². The number of nitrogens with two attached hydrogens (primary N) is 1. The molecule has 1 atom stereocenters. The van der Waals surface area contributed by atoms with Gasteiger partial charge in [-0.1, -0.05) is 32.6 Å². The van der Waals surface area contributed by atoms with Gasteiger partial charge >= 0.3 is 0 Å². The van der Waals surface area contributed by atoms with Crippen LogP contribution in [-0.2, 0) is 0 Å². The second kappa shape index (κ2) is 6.59. The smallest absolute Gasteiger partial charge is 0.0648 e. The van der Waals surface area contributed by atoms with Crippen molar-refractivity contribution in [3.05, 3.63) is 23.0 Å². The summed E-state index contributed by atoms with van der Waals surface area (Å²) >= 11 is 0. The second-order valence-corrected chi connectivity index (χ2v) is 4.48. The molecule has 0 aromatic carbocycles. The predicted octanol–water partition coefficient (Wildman–Crippen LogP) is 3.06. The van der Waals surface area contributed by atoms with Gasteiger partial charge in [0.05, 0.1) is 11.4 Å². The fourth-order valence-corrected chi connectivity index (χ4v) is 1.89. The summed E-state index contributed by atoms with van der Waals surface area (Å²) in [5, 5.41) is 8.14. The molecule has 3 nitrogen and oxygen atoms in total. The van der Waals surface area contributed by atoms with Crippen LogP contribution in [0.1, 0.15) is 62.0 Å². The molecule has 0 spiro atoms. The molecule has 0 saturated heterocycles. The molecule has 0 amide bonds. The van der Waals surface area contributed by atoms with E-state index in [9.17, 15) is 0 Å². The van der Waals surface area contributed by atoms with Crippen LogP contribution < -0.4 is 5.73 Å². The van der Waals surface area contributed by atoms with Crippen LogP contribution >= 0.6 is 0 Å². The van der Waals surface area contributed by atoms with Crippen LogP contribution in [0.5, 0.6) is 0 Å². The van der Waals surface area contributed by atoms with Gasteiger partial charge in [-0.05, 0) is 31.9 Å². The van der Waals surface area contributed by atoms with E-state index in [1.807, 2.05) is 13.8 Å². The van der Waals surface area contributed by atoms with Crippen LogP contribution in [0.2, 0.25) is 0 Å². The Kier molecular flexibility index (Phi) is 5.39. The maximum absolute atomic E-state index is 6.18. The van der Waals surface area contributed by atoms with Crippen molar-refractivity contribution in [2.75, 3.05) is 0 Å². The molecule has 3 heteroatoms. The van der Waals surface area contributed by atoms with E-state index in [-0.39, 0.29) is 6.04 Å². The normalized spacial score (nSPS) is 12.8. The average Bonchev–Trinajstić information content (AvgIpc) is 2.27. The maximum Gasteiger partial charge on any atom is 0.0648 e. The summed E-state index contributed by atoms with van der Waals surface area (Å²) < 4.78 is 0. The molecule has 0 radical (unpaired) electrons. The van der Waals surface area contributed by atoms with E-state index in [0.29, 0.717) is 0 Å². The van der Waals surface area contributed by atoms with E-state index < -0.39 is 0 Å². The van der Waals surface area contributed by atoms with Crippen LogP contribution in [0, 0.1) is 13.8 Å². The lowest BCUT2D eigenvalue weighted by molar-refractivity contribution is 0.561. The van der Waals surface area contributed by atoms with Gasteiger partial charge in [-0.25, -0.2) is 0 Å². The first-order valence-corrected chi connectivity index (χ1v) is 6.21. The van der Waals surface area contributed by atoms with E-state index >= 15 is 0 Å². The molecule has 2 N–H and O–H groups in total. The van der Waals surface area contributed by atoms with Crippen molar-refractivity contribution < 1.29 is 0 Å². The van der Waals surface area contributed by atoms with Gasteiger partial charge in [0, 0.05) is 6.04 Å². The highest BCUT2D eigenvalue weighted by atomic mass is 15.1. The highest BCUT2D eigenvalue weighted by Gasteiger charge is 2.10. The quantitative estimate of drug-likeness (QED) is 0.751. The molecule has 16 heavy (non-hydrogen) atoms. The second-order valence-electron chi connectivity index (χ2n) is 4.48. The van der Waals surface area contributed by atoms with Gasteiger partial charge in [-0.3, -0.25) is 0 Å². The Morgan fingerprint density at radius 3 is 2.62 bits per heavy atom. The first kappa shape index (κ1) is 13.1. The molecule has 1 rings (SSSR count). The molecule has 1 heterocycles. The van der Waals surface area contributed by atoms with Crippen LogP contribution in [0.3, 0.4) is 0 Å². The number of hydrogen-bond donors (Lipinski definition) is 1. The van der Waals surface area contributed by atoms with Crippen LogP contribution in [0.4, 0.5) is 0 Å². The number of unbranched alkanes of at least 4 members (excludes halogenated alkanes) is 3. The SMILES string of the molecule is CCCCCCC(N)c1cc(C)nnc1C. The Bertz CT molecular complexity index is 323. The lowest BCUT2D eigenvalue weighted by atomic mass is 10.00. The van der Waals surface area contributed by atoms with Crippen LogP contribution in [0.25, 0.3) is 0 Å². The van der Waals surface area contributed by atoms with Gasteiger partial charge in [0.2, 0.25) is 0 Å². The van der Waals surface area contributed by atoms with Gasteiger partial charge in [-0.2, -0.15) is 10.2 Å². The van der Waals surface area contributed by atoms with Gasteiger partial charge in [-0.15, -0.1) is 0 Å². The highest BCUT2D eigenvalue weighted by molar-refractivity contribution is 5.23. The molecule has 0 saturated carbocycles. The standard InChI is InChI=1S/C13H23N3/c1-4-5-6-7-8-13(14)12-9-10(2)15-16-11(12)3/h9,13H,4-8,14H2,1-3H3. The lowest BCUT2D eigenvalue weighted by Crippen LogP contribution is -2.13. The van der Waals surface area contributed by atoms with Crippen molar-refractivity contribution in [2.45, 2.75) is 58.9 Å². The summed E-state index contributed by atoms with van der Waals surface area (Å²) in [6, 6.07) is 2.18. The molecule has 1 unspecified atom stereocenters. The topological polar surface area (TPSA) is 51.8 Å². The number of aromatic nitrogens is 2. The van der Waals surface area contributed by atoms with Crippen molar-refractivity contribution in [3.63, 3.8) is 0 Å².